The molecule has 0 amide bonds. The van der Waals surface area contributed by atoms with Crippen LogP contribution >= 0.6 is 0 Å². The molecule has 1 aromatic rings. The molecule has 0 radical (unpaired) electrons. The molecule has 108 valence electrons. The molecule has 1 unspecified atom stereocenters. The third-order valence-corrected chi connectivity index (χ3v) is 2.86. The molecule has 0 saturated carbocycles. The number of benzene rings is 1. The summed E-state index contributed by atoms with van der Waals surface area (Å²) in [6, 6.07) is 5.89. The fourth-order valence-corrected chi connectivity index (χ4v) is 1.92. The third kappa shape index (κ3) is 5.49. The van der Waals surface area contributed by atoms with Gasteiger partial charge in [0.15, 0.2) is 11.5 Å². The van der Waals surface area contributed by atoms with Crippen molar-refractivity contribution in [2.24, 2.45) is 0 Å². The number of methoxy groups -OCH3 is 1. The monoisotopic (exact) mass is 267 g/mol. The fraction of sp³-hybridized carbons (Fsp3) is 0.600. The molecule has 0 bridgehead atoms. The van der Waals surface area contributed by atoms with E-state index in [0.29, 0.717) is 19.7 Å². The van der Waals surface area contributed by atoms with Crippen LogP contribution in [0.2, 0.25) is 0 Å². The van der Waals surface area contributed by atoms with Gasteiger partial charge in [-0.15, -0.1) is 0 Å². The summed E-state index contributed by atoms with van der Waals surface area (Å²) in [6.07, 6.45) is 1.56. The lowest BCUT2D eigenvalue weighted by Crippen LogP contribution is -2.26. The predicted molar refractivity (Wildman–Crippen MR) is 76.8 cm³/mol. The second kappa shape index (κ2) is 8.77. The summed E-state index contributed by atoms with van der Waals surface area (Å²) < 4.78 is 10.8. The van der Waals surface area contributed by atoms with Gasteiger partial charge in [0, 0.05) is 13.1 Å². The van der Waals surface area contributed by atoms with E-state index in [0.717, 1.165) is 29.9 Å². The number of hydrogen-bond acceptors (Lipinski definition) is 4. The second-order valence-electron chi connectivity index (χ2n) is 4.49. The lowest BCUT2D eigenvalue weighted by molar-refractivity contribution is 0.160. The molecule has 0 fully saturated rings. The Kier molecular flexibility index (Phi) is 7.30. The second-order valence-corrected chi connectivity index (χ2v) is 4.49. The van der Waals surface area contributed by atoms with E-state index in [1.165, 1.54) is 0 Å². The highest BCUT2D eigenvalue weighted by molar-refractivity contribution is 5.42. The fourth-order valence-electron chi connectivity index (χ4n) is 1.92. The van der Waals surface area contributed by atoms with Gasteiger partial charge in [-0.1, -0.05) is 19.4 Å². The van der Waals surface area contributed by atoms with Crippen molar-refractivity contribution in [1.82, 2.24) is 5.32 Å². The van der Waals surface area contributed by atoms with Crippen LogP contribution in [0, 0.1) is 0 Å². The SMILES string of the molecule is CCCC(O)CNCc1ccc(OCC)c(OC)c1. The van der Waals surface area contributed by atoms with Crippen LogP contribution in [0.4, 0.5) is 0 Å². The Morgan fingerprint density at radius 2 is 2.05 bits per heavy atom. The Bertz CT molecular complexity index is 368. The van der Waals surface area contributed by atoms with Crippen molar-refractivity contribution in [3.63, 3.8) is 0 Å². The summed E-state index contributed by atoms with van der Waals surface area (Å²) in [4.78, 5) is 0. The van der Waals surface area contributed by atoms with Gasteiger partial charge in [-0.25, -0.2) is 0 Å². The first kappa shape index (κ1) is 15.8. The zero-order valence-corrected chi connectivity index (χ0v) is 12.1. The normalized spacial score (nSPS) is 12.2. The zero-order chi connectivity index (χ0) is 14.1. The van der Waals surface area contributed by atoms with Gasteiger partial charge in [0.25, 0.3) is 0 Å². The van der Waals surface area contributed by atoms with Crippen LogP contribution in [-0.4, -0.2) is 31.5 Å². The Morgan fingerprint density at radius 3 is 2.68 bits per heavy atom. The smallest absolute Gasteiger partial charge is 0.161 e. The van der Waals surface area contributed by atoms with Gasteiger partial charge < -0.3 is 19.9 Å². The Hall–Kier alpha value is -1.26. The molecule has 4 heteroatoms. The van der Waals surface area contributed by atoms with E-state index >= 15 is 0 Å². The molecule has 0 aliphatic heterocycles. The van der Waals surface area contributed by atoms with Crippen LogP contribution in [-0.2, 0) is 6.54 Å². The standard InChI is InChI=1S/C15H25NO3/c1-4-6-13(17)11-16-10-12-7-8-14(19-5-2)15(9-12)18-3/h7-9,13,16-17H,4-6,10-11H2,1-3H3. The first-order chi connectivity index (χ1) is 9.21. The van der Waals surface area contributed by atoms with Crippen molar-refractivity contribution in [2.45, 2.75) is 39.3 Å². The number of rotatable bonds is 9. The summed E-state index contributed by atoms with van der Waals surface area (Å²) in [5.41, 5.74) is 1.11. The van der Waals surface area contributed by atoms with E-state index in [1.807, 2.05) is 25.1 Å². The molecular formula is C15H25NO3. The quantitative estimate of drug-likeness (QED) is 0.721. The van der Waals surface area contributed by atoms with Gasteiger partial charge in [-0.05, 0) is 31.0 Å². The van der Waals surface area contributed by atoms with Gasteiger partial charge in [-0.3, -0.25) is 0 Å². The van der Waals surface area contributed by atoms with Crippen molar-refractivity contribution >= 4 is 0 Å². The average Bonchev–Trinajstić information content (AvgIpc) is 2.41. The lowest BCUT2D eigenvalue weighted by Gasteiger charge is -2.13. The molecule has 1 atom stereocenters. The maximum Gasteiger partial charge on any atom is 0.161 e. The number of aliphatic hydroxyl groups is 1. The van der Waals surface area contributed by atoms with Crippen LogP contribution in [0.5, 0.6) is 11.5 Å². The minimum Gasteiger partial charge on any atom is -0.493 e. The topological polar surface area (TPSA) is 50.7 Å². The summed E-state index contributed by atoms with van der Waals surface area (Å²) in [5.74, 6) is 1.51. The van der Waals surface area contributed by atoms with Gasteiger partial charge in [-0.2, -0.15) is 0 Å². The highest BCUT2D eigenvalue weighted by atomic mass is 16.5. The van der Waals surface area contributed by atoms with Gasteiger partial charge in [0.1, 0.15) is 0 Å². The molecule has 0 heterocycles. The molecule has 0 aromatic heterocycles. The van der Waals surface area contributed by atoms with Gasteiger partial charge >= 0.3 is 0 Å². The van der Waals surface area contributed by atoms with Crippen molar-refractivity contribution in [1.29, 1.82) is 0 Å². The van der Waals surface area contributed by atoms with Gasteiger partial charge in [0.05, 0.1) is 19.8 Å². The van der Waals surface area contributed by atoms with Crippen LogP contribution in [0.15, 0.2) is 18.2 Å². The summed E-state index contributed by atoms with van der Waals surface area (Å²) in [7, 11) is 1.64. The third-order valence-electron chi connectivity index (χ3n) is 2.86. The molecule has 0 aliphatic carbocycles. The number of nitrogens with one attached hydrogen (secondary N) is 1. The highest BCUT2D eigenvalue weighted by Gasteiger charge is 2.06. The maximum absolute atomic E-state index is 9.63. The van der Waals surface area contributed by atoms with Crippen LogP contribution in [0.25, 0.3) is 0 Å². The van der Waals surface area contributed by atoms with Crippen LogP contribution < -0.4 is 14.8 Å². The van der Waals surface area contributed by atoms with E-state index in [9.17, 15) is 5.11 Å². The van der Waals surface area contributed by atoms with E-state index in [1.54, 1.807) is 7.11 Å². The molecule has 4 nitrogen and oxygen atoms in total. The van der Waals surface area contributed by atoms with E-state index in [4.69, 9.17) is 9.47 Å². The first-order valence-corrected chi connectivity index (χ1v) is 6.89. The molecule has 2 N–H and O–H groups in total. The van der Waals surface area contributed by atoms with Crippen molar-refractivity contribution < 1.29 is 14.6 Å². The van der Waals surface area contributed by atoms with Crippen LogP contribution in [0.3, 0.4) is 0 Å². The molecular weight excluding hydrogens is 242 g/mol. The van der Waals surface area contributed by atoms with Crippen LogP contribution in [0.1, 0.15) is 32.3 Å². The number of ether oxygens (including phenoxy) is 2. The van der Waals surface area contributed by atoms with Crippen molar-refractivity contribution in [2.75, 3.05) is 20.3 Å². The lowest BCUT2D eigenvalue weighted by atomic mass is 10.2. The van der Waals surface area contributed by atoms with Crippen molar-refractivity contribution in [3.8, 4) is 11.5 Å². The highest BCUT2D eigenvalue weighted by Crippen LogP contribution is 2.27. The summed E-state index contributed by atoms with van der Waals surface area (Å²) in [6.45, 7) is 5.97. The number of hydrogen-bond donors (Lipinski definition) is 2. The summed E-state index contributed by atoms with van der Waals surface area (Å²) in [5, 5.41) is 12.9. The van der Waals surface area contributed by atoms with E-state index < -0.39 is 0 Å². The van der Waals surface area contributed by atoms with Crippen molar-refractivity contribution in [3.05, 3.63) is 23.8 Å². The Balaban J connectivity index is 2.50. The average molecular weight is 267 g/mol. The molecule has 1 aromatic carbocycles. The zero-order valence-electron chi connectivity index (χ0n) is 12.1. The van der Waals surface area contributed by atoms with Gasteiger partial charge in [0.2, 0.25) is 0 Å². The molecule has 0 spiro atoms. The Labute approximate surface area is 115 Å². The van der Waals surface area contributed by atoms with E-state index in [-0.39, 0.29) is 6.10 Å². The minimum absolute atomic E-state index is 0.269. The maximum atomic E-state index is 9.63. The van der Waals surface area contributed by atoms with E-state index in [2.05, 4.69) is 12.2 Å². The molecule has 0 aliphatic rings. The molecule has 19 heavy (non-hydrogen) atoms. The minimum atomic E-state index is -0.269. The Morgan fingerprint density at radius 1 is 1.26 bits per heavy atom. The predicted octanol–water partition coefficient (Wildman–Crippen LogP) is 2.34. The molecule has 1 rings (SSSR count). The summed E-state index contributed by atoms with van der Waals surface area (Å²) >= 11 is 0. The first-order valence-electron chi connectivity index (χ1n) is 6.89. The number of aliphatic hydroxyl groups excluding tert-OH is 1. The largest absolute Gasteiger partial charge is 0.493 e. The molecule has 0 saturated heterocycles.